The van der Waals surface area contributed by atoms with Crippen molar-refractivity contribution in [3.05, 3.63) is 36.2 Å². The zero-order chi connectivity index (χ0) is 14.3. The zero-order valence-corrected chi connectivity index (χ0v) is 11.8. The summed E-state index contributed by atoms with van der Waals surface area (Å²) in [6.45, 7) is 5.97. The molecule has 19 heavy (non-hydrogen) atoms. The van der Waals surface area contributed by atoms with E-state index in [4.69, 9.17) is 0 Å². The van der Waals surface area contributed by atoms with Crippen LogP contribution in [0.15, 0.2) is 30.5 Å². The predicted octanol–water partition coefficient (Wildman–Crippen LogP) is 2.01. The van der Waals surface area contributed by atoms with Crippen molar-refractivity contribution in [3.8, 4) is 0 Å². The lowest BCUT2D eigenvalue weighted by Gasteiger charge is -2.29. The van der Waals surface area contributed by atoms with Gasteiger partial charge in [0, 0.05) is 18.8 Å². The number of aromatic nitrogens is 1. The molecule has 1 aromatic rings. The molecule has 0 spiro atoms. The Hall–Kier alpha value is -1.68. The Bertz CT molecular complexity index is 427. The van der Waals surface area contributed by atoms with Crippen molar-refractivity contribution in [3.63, 3.8) is 0 Å². The van der Waals surface area contributed by atoms with Gasteiger partial charge < -0.3 is 10.4 Å². The summed E-state index contributed by atoms with van der Waals surface area (Å²) in [6, 6.07) is 5.50. The van der Waals surface area contributed by atoms with E-state index < -0.39 is 5.60 Å². The molecule has 4 nitrogen and oxygen atoms in total. The maximum absolute atomic E-state index is 11.6. The second-order valence-corrected chi connectivity index (χ2v) is 4.97. The van der Waals surface area contributed by atoms with Crippen LogP contribution >= 0.6 is 0 Å². The Kier molecular flexibility index (Phi) is 5.70. The van der Waals surface area contributed by atoms with E-state index in [1.54, 1.807) is 19.2 Å². The van der Waals surface area contributed by atoms with E-state index in [0.29, 0.717) is 0 Å². The number of hydrogen-bond donors (Lipinski definition) is 2. The van der Waals surface area contributed by atoms with Gasteiger partial charge in [-0.05, 0) is 31.1 Å². The Balaban J connectivity index is 2.46. The molecule has 4 heteroatoms. The number of carbonyl (C=O) groups excluding carboxylic acids is 1. The number of nitrogens with zero attached hydrogens (tertiary/aromatic N) is 1. The van der Waals surface area contributed by atoms with Gasteiger partial charge in [-0.3, -0.25) is 9.78 Å². The lowest BCUT2D eigenvalue weighted by atomic mass is 9.89. The van der Waals surface area contributed by atoms with E-state index in [1.165, 1.54) is 6.08 Å². The van der Waals surface area contributed by atoms with Crippen LogP contribution in [0.5, 0.6) is 0 Å². The van der Waals surface area contributed by atoms with Gasteiger partial charge in [0.15, 0.2) is 0 Å². The van der Waals surface area contributed by atoms with E-state index in [0.717, 1.165) is 12.1 Å². The Morgan fingerprint density at radius 3 is 2.89 bits per heavy atom. The van der Waals surface area contributed by atoms with E-state index in [-0.39, 0.29) is 18.4 Å². The summed E-state index contributed by atoms with van der Waals surface area (Å²) in [5.74, 6) is -0.0956. The Morgan fingerprint density at radius 2 is 2.32 bits per heavy atom. The van der Waals surface area contributed by atoms with Gasteiger partial charge in [0.25, 0.3) is 0 Å². The quantitative estimate of drug-likeness (QED) is 0.771. The van der Waals surface area contributed by atoms with E-state index >= 15 is 0 Å². The number of amides is 1. The number of carbonyl (C=O) groups is 1. The van der Waals surface area contributed by atoms with Crippen LogP contribution < -0.4 is 5.32 Å². The van der Waals surface area contributed by atoms with Crippen molar-refractivity contribution >= 4 is 12.0 Å². The second kappa shape index (κ2) is 7.04. The molecule has 2 unspecified atom stereocenters. The molecule has 0 fully saturated rings. The van der Waals surface area contributed by atoms with Gasteiger partial charge in [-0.1, -0.05) is 26.3 Å². The predicted molar refractivity (Wildman–Crippen MR) is 76.4 cm³/mol. The lowest BCUT2D eigenvalue weighted by Crippen LogP contribution is -2.44. The van der Waals surface area contributed by atoms with E-state index in [9.17, 15) is 9.90 Å². The molecule has 1 rings (SSSR count). The molecule has 0 aliphatic heterocycles. The van der Waals surface area contributed by atoms with E-state index in [1.807, 2.05) is 32.0 Å². The summed E-state index contributed by atoms with van der Waals surface area (Å²) >= 11 is 0. The minimum absolute atomic E-state index is 0.132. The van der Waals surface area contributed by atoms with Crippen molar-refractivity contribution in [2.75, 3.05) is 6.54 Å². The lowest BCUT2D eigenvalue weighted by molar-refractivity contribution is -0.118. The van der Waals surface area contributed by atoms with Crippen LogP contribution in [0.2, 0.25) is 0 Å². The summed E-state index contributed by atoms with van der Waals surface area (Å²) in [4.78, 5) is 15.7. The summed E-state index contributed by atoms with van der Waals surface area (Å²) in [7, 11) is 0. The van der Waals surface area contributed by atoms with Gasteiger partial charge >= 0.3 is 0 Å². The molecule has 0 aliphatic carbocycles. The molecule has 1 heterocycles. The van der Waals surface area contributed by atoms with Crippen LogP contribution in [-0.2, 0) is 4.79 Å². The molecule has 0 bridgehead atoms. The van der Waals surface area contributed by atoms with Crippen molar-refractivity contribution in [1.82, 2.24) is 10.3 Å². The molecule has 0 radical (unpaired) electrons. The SMILES string of the molecule is CCC(C)C(C)(O)CNC(=O)/C=C/c1ccccn1. The molecule has 1 amide bonds. The third-order valence-corrected chi connectivity index (χ3v) is 3.39. The minimum Gasteiger partial charge on any atom is -0.388 e. The second-order valence-electron chi connectivity index (χ2n) is 4.97. The maximum atomic E-state index is 11.6. The summed E-state index contributed by atoms with van der Waals surface area (Å²) in [6.07, 6.45) is 5.61. The van der Waals surface area contributed by atoms with Gasteiger partial charge in [-0.25, -0.2) is 0 Å². The number of nitrogens with one attached hydrogen (secondary N) is 1. The van der Waals surface area contributed by atoms with Crippen molar-refractivity contribution in [2.24, 2.45) is 5.92 Å². The zero-order valence-electron chi connectivity index (χ0n) is 11.8. The summed E-state index contributed by atoms with van der Waals surface area (Å²) in [5.41, 5.74) is -0.158. The molecular weight excluding hydrogens is 240 g/mol. The average Bonchev–Trinajstić information content (AvgIpc) is 2.43. The van der Waals surface area contributed by atoms with Crippen molar-refractivity contribution < 1.29 is 9.90 Å². The number of pyridine rings is 1. The van der Waals surface area contributed by atoms with Crippen LogP contribution in [0.4, 0.5) is 0 Å². The monoisotopic (exact) mass is 262 g/mol. The summed E-state index contributed by atoms with van der Waals surface area (Å²) < 4.78 is 0. The third-order valence-electron chi connectivity index (χ3n) is 3.39. The first kappa shape index (κ1) is 15.4. The highest BCUT2D eigenvalue weighted by molar-refractivity contribution is 5.91. The van der Waals surface area contributed by atoms with Gasteiger partial charge in [0.2, 0.25) is 5.91 Å². The molecule has 2 atom stereocenters. The molecule has 0 aliphatic rings. The molecule has 0 aromatic carbocycles. The van der Waals surface area contributed by atoms with Gasteiger partial charge in [0.1, 0.15) is 0 Å². The molecule has 2 N–H and O–H groups in total. The van der Waals surface area contributed by atoms with Gasteiger partial charge in [-0.2, -0.15) is 0 Å². The first-order valence-corrected chi connectivity index (χ1v) is 6.55. The highest BCUT2D eigenvalue weighted by atomic mass is 16.3. The average molecular weight is 262 g/mol. The number of rotatable bonds is 6. The van der Waals surface area contributed by atoms with Crippen molar-refractivity contribution in [2.45, 2.75) is 32.8 Å². The molecular formula is C15H22N2O2. The van der Waals surface area contributed by atoms with Gasteiger partial charge in [-0.15, -0.1) is 0 Å². The van der Waals surface area contributed by atoms with Crippen LogP contribution in [0.1, 0.15) is 32.9 Å². The maximum Gasteiger partial charge on any atom is 0.244 e. The Labute approximate surface area is 114 Å². The van der Waals surface area contributed by atoms with Crippen LogP contribution in [0, 0.1) is 5.92 Å². The fourth-order valence-corrected chi connectivity index (χ4v) is 1.57. The fourth-order valence-electron chi connectivity index (χ4n) is 1.57. The number of aliphatic hydroxyl groups is 1. The van der Waals surface area contributed by atoms with E-state index in [2.05, 4.69) is 10.3 Å². The first-order chi connectivity index (χ1) is 8.95. The third kappa shape index (κ3) is 5.22. The smallest absolute Gasteiger partial charge is 0.244 e. The topological polar surface area (TPSA) is 62.2 Å². The largest absolute Gasteiger partial charge is 0.388 e. The van der Waals surface area contributed by atoms with Gasteiger partial charge in [0.05, 0.1) is 11.3 Å². The van der Waals surface area contributed by atoms with Crippen molar-refractivity contribution in [1.29, 1.82) is 0 Å². The number of hydrogen-bond acceptors (Lipinski definition) is 3. The molecule has 104 valence electrons. The standard InChI is InChI=1S/C15H22N2O2/c1-4-12(2)15(3,19)11-17-14(18)9-8-13-7-5-6-10-16-13/h5-10,12,19H,4,11H2,1-3H3,(H,17,18)/b9-8+. The Morgan fingerprint density at radius 1 is 1.58 bits per heavy atom. The minimum atomic E-state index is -0.886. The summed E-state index contributed by atoms with van der Waals surface area (Å²) in [5, 5.41) is 12.9. The fraction of sp³-hybridized carbons (Fsp3) is 0.467. The molecule has 0 saturated heterocycles. The molecule has 0 saturated carbocycles. The highest BCUT2D eigenvalue weighted by Crippen LogP contribution is 2.18. The first-order valence-electron chi connectivity index (χ1n) is 6.55. The van der Waals surface area contributed by atoms with Crippen LogP contribution in [0.3, 0.4) is 0 Å². The normalized spacial score (nSPS) is 16.0. The van der Waals surface area contributed by atoms with Crippen LogP contribution in [0.25, 0.3) is 6.08 Å². The van der Waals surface area contributed by atoms with Crippen LogP contribution in [-0.4, -0.2) is 28.1 Å². The highest BCUT2D eigenvalue weighted by Gasteiger charge is 2.26. The molecule has 1 aromatic heterocycles.